The summed E-state index contributed by atoms with van der Waals surface area (Å²) in [5.74, 6) is -0.407. The zero-order valence-electron chi connectivity index (χ0n) is 11.0. The minimum atomic E-state index is -2.93. The van der Waals surface area contributed by atoms with Crippen molar-refractivity contribution >= 4 is 15.8 Å². The quantitative estimate of drug-likeness (QED) is 0.755. The highest BCUT2D eigenvalue weighted by Gasteiger charge is 2.23. The fourth-order valence-electron chi connectivity index (χ4n) is 2.37. The van der Waals surface area contributed by atoms with Crippen LogP contribution in [0, 0.1) is 0 Å². The van der Waals surface area contributed by atoms with Crippen LogP contribution in [-0.4, -0.2) is 55.0 Å². The molecule has 0 spiro atoms. The van der Waals surface area contributed by atoms with Gasteiger partial charge in [0.1, 0.15) is 0 Å². The number of nitrogens with zero attached hydrogens (tertiary/aromatic N) is 1. The van der Waals surface area contributed by atoms with Crippen LogP contribution in [0.5, 0.6) is 0 Å². The molecule has 1 saturated heterocycles. The van der Waals surface area contributed by atoms with E-state index >= 15 is 0 Å². The van der Waals surface area contributed by atoms with Crippen LogP contribution in [0.3, 0.4) is 0 Å². The van der Waals surface area contributed by atoms with Crippen molar-refractivity contribution in [3.63, 3.8) is 0 Å². The number of likely N-dealkylation sites (tertiary alicyclic amines) is 1. The first-order chi connectivity index (χ1) is 8.44. The molecule has 0 aromatic carbocycles. The fraction of sp³-hybridized carbons (Fsp3) is 0.917. The van der Waals surface area contributed by atoms with Gasteiger partial charge in [-0.2, -0.15) is 0 Å². The van der Waals surface area contributed by atoms with Crippen molar-refractivity contribution in [1.82, 2.24) is 4.90 Å². The van der Waals surface area contributed by atoms with E-state index in [0.29, 0.717) is 13.0 Å². The third kappa shape index (κ3) is 5.35. The van der Waals surface area contributed by atoms with Gasteiger partial charge in [0.15, 0.2) is 9.84 Å². The Bertz CT molecular complexity index is 366. The molecule has 1 heterocycles. The minimum Gasteiger partial charge on any atom is -0.481 e. The van der Waals surface area contributed by atoms with Crippen LogP contribution in [0.1, 0.15) is 39.0 Å². The molecule has 1 unspecified atom stereocenters. The van der Waals surface area contributed by atoms with E-state index in [-0.39, 0.29) is 24.0 Å². The summed E-state index contributed by atoms with van der Waals surface area (Å²) in [7, 11) is -2.93. The van der Waals surface area contributed by atoms with Gasteiger partial charge in [-0.05, 0) is 25.8 Å². The van der Waals surface area contributed by atoms with Crippen molar-refractivity contribution < 1.29 is 18.3 Å². The molecule has 6 heteroatoms. The molecule has 0 radical (unpaired) electrons. The van der Waals surface area contributed by atoms with E-state index in [9.17, 15) is 13.2 Å². The van der Waals surface area contributed by atoms with E-state index in [1.165, 1.54) is 0 Å². The highest BCUT2D eigenvalue weighted by molar-refractivity contribution is 7.91. The number of aliphatic carboxylic acids is 1. The van der Waals surface area contributed by atoms with Crippen molar-refractivity contribution in [3.05, 3.63) is 0 Å². The first kappa shape index (κ1) is 15.4. The summed E-state index contributed by atoms with van der Waals surface area (Å²) in [4.78, 5) is 12.8. The molecule has 1 aliphatic heterocycles. The molecule has 0 aromatic rings. The monoisotopic (exact) mass is 277 g/mol. The molecule has 1 rings (SSSR count). The number of sulfone groups is 1. The zero-order chi connectivity index (χ0) is 13.6. The Morgan fingerprint density at radius 1 is 1.39 bits per heavy atom. The summed E-state index contributed by atoms with van der Waals surface area (Å²) >= 11 is 0. The minimum absolute atomic E-state index is 0.168. The molecule has 0 saturated carbocycles. The van der Waals surface area contributed by atoms with E-state index < -0.39 is 15.8 Å². The number of carboxylic acids is 1. The SMILES string of the molecule is CCS(=O)(=O)CCN1CCCCC1CCC(=O)O. The van der Waals surface area contributed by atoms with Crippen molar-refractivity contribution in [2.45, 2.75) is 45.1 Å². The van der Waals surface area contributed by atoms with Crippen LogP contribution in [0.4, 0.5) is 0 Å². The average Bonchev–Trinajstić information content (AvgIpc) is 2.35. The van der Waals surface area contributed by atoms with Crippen LogP contribution >= 0.6 is 0 Å². The molecule has 18 heavy (non-hydrogen) atoms. The van der Waals surface area contributed by atoms with E-state index in [4.69, 9.17) is 5.11 Å². The summed E-state index contributed by atoms with van der Waals surface area (Å²) in [6.07, 6.45) is 3.97. The topological polar surface area (TPSA) is 74.7 Å². The molecule has 0 amide bonds. The number of carbonyl (C=O) groups is 1. The van der Waals surface area contributed by atoms with Crippen LogP contribution in [-0.2, 0) is 14.6 Å². The first-order valence-corrected chi connectivity index (χ1v) is 8.43. The summed E-state index contributed by atoms with van der Waals surface area (Å²) in [5.41, 5.74) is 0. The maximum Gasteiger partial charge on any atom is 0.303 e. The molecule has 5 nitrogen and oxygen atoms in total. The van der Waals surface area contributed by atoms with Gasteiger partial charge in [-0.3, -0.25) is 9.69 Å². The Labute approximate surface area is 109 Å². The fourth-order valence-corrected chi connectivity index (χ4v) is 3.17. The number of piperidine rings is 1. The van der Waals surface area contributed by atoms with Crippen molar-refractivity contribution in [3.8, 4) is 0 Å². The van der Waals surface area contributed by atoms with Crippen LogP contribution < -0.4 is 0 Å². The van der Waals surface area contributed by atoms with Gasteiger partial charge in [-0.15, -0.1) is 0 Å². The first-order valence-electron chi connectivity index (χ1n) is 6.61. The van der Waals surface area contributed by atoms with Gasteiger partial charge in [0.2, 0.25) is 0 Å². The largest absolute Gasteiger partial charge is 0.481 e. The summed E-state index contributed by atoms with van der Waals surface area (Å²) in [5, 5.41) is 8.71. The normalized spacial score (nSPS) is 21.9. The maximum absolute atomic E-state index is 11.5. The lowest BCUT2D eigenvalue weighted by Gasteiger charge is -2.35. The molecule has 0 bridgehead atoms. The average molecular weight is 277 g/mol. The molecular weight excluding hydrogens is 254 g/mol. The summed E-state index contributed by atoms with van der Waals surface area (Å²) in [6, 6.07) is 0.238. The van der Waals surface area contributed by atoms with Crippen molar-refractivity contribution in [2.24, 2.45) is 0 Å². The Morgan fingerprint density at radius 2 is 2.11 bits per heavy atom. The molecule has 1 N–H and O–H groups in total. The summed E-state index contributed by atoms with van der Waals surface area (Å²) < 4.78 is 23.0. The molecule has 1 fully saturated rings. The predicted octanol–water partition coefficient (Wildman–Crippen LogP) is 1.14. The third-order valence-electron chi connectivity index (χ3n) is 3.57. The Hall–Kier alpha value is -0.620. The number of rotatable bonds is 7. The van der Waals surface area contributed by atoms with Crippen LogP contribution in [0.25, 0.3) is 0 Å². The lowest BCUT2D eigenvalue weighted by atomic mass is 9.98. The van der Waals surface area contributed by atoms with Gasteiger partial charge in [-0.1, -0.05) is 13.3 Å². The molecule has 0 aliphatic carbocycles. The Kier molecular flexibility index (Phi) is 6.08. The Morgan fingerprint density at radius 3 is 2.72 bits per heavy atom. The lowest BCUT2D eigenvalue weighted by molar-refractivity contribution is -0.137. The van der Waals surface area contributed by atoms with E-state index in [1.807, 2.05) is 0 Å². The standard InChI is InChI=1S/C12H23NO4S/c1-2-18(16,17)10-9-13-8-4-3-5-11(13)6-7-12(14)15/h11H,2-10H2,1H3,(H,14,15). The van der Waals surface area contributed by atoms with Gasteiger partial charge >= 0.3 is 5.97 Å². The van der Waals surface area contributed by atoms with Gasteiger partial charge in [-0.25, -0.2) is 8.42 Å². The molecule has 1 atom stereocenters. The second-order valence-corrected chi connectivity index (χ2v) is 7.33. The van der Waals surface area contributed by atoms with Gasteiger partial charge in [0.25, 0.3) is 0 Å². The van der Waals surface area contributed by atoms with Crippen LogP contribution in [0.2, 0.25) is 0 Å². The number of carboxylic acid groups (broad SMARTS) is 1. The van der Waals surface area contributed by atoms with E-state index in [1.54, 1.807) is 6.92 Å². The predicted molar refractivity (Wildman–Crippen MR) is 70.4 cm³/mol. The molecule has 106 valence electrons. The van der Waals surface area contributed by atoms with E-state index in [0.717, 1.165) is 25.8 Å². The highest BCUT2D eigenvalue weighted by Crippen LogP contribution is 2.20. The van der Waals surface area contributed by atoms with Crippen molar-refractivity contribution in [1.29, 1.82) is 0 Å². The second kappa shape index (κ2) is 7.09. The second-order valence-electron chi connectivity index (χ2n) is 4.85. The smallest absolute Gasteiger partial charge is 0.303 e. The molecular formula is C12H23NO4S. The van der Waals surface area contributed by atoms with Gasteiger partial charge < -0.3 is 5.11 Å². The highest BCUT2D eigenvalue weighted by atomic mass is 32.2. The van der Waals surface area contributed by atoms with Crippen molar-refractivity contribution in [2.75, 3.05) is 24.6 Å². The third-order valence-corrected chi connectivity index (χ3v) is 5.25. The van der Waals surface area contributed by atoms with Gasteiger partial charge in [0, 0.05) is 24.8 Å². The molecule has 1 aliphatic rings. The lowest BCUT2D eigenvalue weighted by Crippen LogP contribution is -2.42. The summed E-state index contributed by atoms with van der Waals surface area (Å²) in [6.45, 7) is 3.09. The number of hydrogen-bond acceptors (Lipinski definition) is 4. The number of hydrogen-bond donors (Lipinski definition) is 1. The Balaban J connectivity index is 2.46. The van der Waals surface area contributed by atoms with E-state index in [2.05, 4.69) is 4.90 Å². The zero-order valence-corrected chi connectivity index (χ0v) is 11.8. The molecule has 0 aromatic heterocycles. The maximum atomic E-state index is 11.5. The van der Waals surface area contributed by atoms with Crippen LogP contribution in [0.15, 0.2) is 0 Å². The van der Waals surface area contributed by atoms with Gasteiger partial charge in [0.05, 0.1) is 5.75 Å².